The van der Waals surface area contributed by atoms with Gasteiger partial charge in [0, 0.05) is 32.2 Å². The van der Waals surface area contributed by atoms with Crippen molar-refractivity contribution in [1.82, 2.24) is 15.2 Å². The minimum Gasteiger partial charge on any atom is -0.396 e. The first-order valence-corrected chi connectivity index (χ1v) is 11.0. The number of amidine groups is 1. The van der Waals surface area contributed by atoms with Gasteiger partial charge in [0.1, 0.15) is 12.1 Å². The van der Waals surface area contributed by atoms with E-state index in [0.29, 0.717) is 25.0 Å². The Bertz CT molecular complexity index is 505. The normalized spacial score (nSPS) is 29.1. The summed E-state index contributed by atoms with van der Waals surface area (Å²) in [6.45, 7) is 3.74. The van der Waals surface area contributed by atoms with Crippen LogP contribution in [0.5, 0.6) is 0 Å². The van der Waals surface area contributed by atoms with Crippen LogP contribution in [0.2, 0.25) is 0 Å². The molecule has 0 radical (unpaired) electrons. The van der Waals surface area contributed by atoms with Gasteiger partial charge in [0.25, 0.3) is 0 Å². The van der Waals surface area contributed by atoms with Crippen molar-refractivity contribution < 1.29 is 13.5 Å². The zero-order chi connectivity index (χ0) is 17.6. The maximum absolute atomic E-state index is 11.7. The van der Waals surface area contributed by atoms with Crippen LogP contribution >= 0.6 is 0 Å². The summed E-state index contributed by atoms with van der Waals surface area (Å²) < 4.78 is 23.0. The maximum atomic E-state index is 11.7. The first-order chi connectivity index (χ1) is 11.4. The average Bonchev–Trinajstić information content (AvgIpc) is 2.58. The standard InChI is InChI=1S/C16H32N4O3S/c1-3-14(5-4-12-21)17-16-7-6-15(18-19-16)13-8-10-20(11-9-13)24(2,22)23/h13-15,18,21H,3-12H2,1-2H3,(H,17,19)/p+1/t14-,15-/m1/s1. The molecule has 2 aliphatic heterocycles. The Hall–Kier alpha value is -0.700. The van der Waals surface area contributed by atoms with Crippen LogP contribution < -0.4 is 10.9 Å². The molecule has 8 heteroatoms. The molecule has 0 aromatic heterocycles. The van der Waals surface area contributed by atoms with Crippen molar-refractivity contribution in [2.24, 2.45) is 10.9 Å². The molecule has 3 atom stereocenters. The lowest BCUT2D eigenvalue weighted by Gasteiger charge is -2.37. The number of nitrogens with zero attached hydrogens (tertiary/aromatic N) is 2. The summed E-state index contributed by atoms with van der Waals surface area (Å²) in [5.74, 6) is 1.55. The highest BCUT2D eigenvalue weighted by molar-refractivity contribution is 7.88. The monoisotopic (exact) mass is 361 g/mol. The number of nitrogens with one attached hydrogen (secondary N) is 2. The van der Waals surface area contributed by atoms with Gasteiger partial charge in [-0.05, 0) is 44.4 Å². The van der Waals surface area contributed by atoms with Crippen LogP contribution in [0.15, 0.2) is 4.99 Å². The highest BCUT2D eigenvalue weighted by Crippen LogP contribution is 2.25. The van der Waals surface area contributed by atoms with Gasteiger partial charge >= 0.3 is 10.0 Å². The van der Waals surface area contributed by atoms with Crippen LogP contribution in [0.25, 0.3) is 0 Å². The van der Waals surface area contributed by atoms with Crippen molar-refractivity contribution in [3.05, 3.63) is 0 Å². The summed E-state index contributed by atoms with van der Waals surface area (Å²) in [5, 5.41) is 8.95. The maximum Gasteiger partial charge on any atom is 0.342 e. The Balaban J connectivity index is 1.79. The van der Waals surface area contributed by atoms with Gasteiger partial charge in [-0.25, -0.2) is 9.63 Å². The van der Waals surface area contributed by atoms with Crippen molar-refractivity contribution >= 4 is 15.9 Å². The third-order valence-electron chi connectivity index (χ3n) is 5.15. The van der Waals surface area contributed by atoms with Crippen LogP contribution in [0.4, 0.5) is 0 Å². The number of hydrogen-bond acceptors (Lipinski definition) is 4. The van der Waals surface area contributed by atoms with Gasteiger partial charge in [-0.1, -0.05) is 6.92 Å². The van der Waals surface area contributed by atoms with Gasteiger partial charge in [0.05, 0.1) is 6.04 Å². The molecule has 4 N–H and O–H groups in total. The SMILES string of the molecule is CC[C@H](CCCO)N=C1CC[C@H](C2CCN(S(C)(=O)=[OH+])CC2)NN1. The largest absolute Gasteiger partial charge is 0.396 e. The van der Waals surface area contributed by atoms with E-state index < -0.39 is 10.0 Å². The topological polar surface area (TPSA) is 98.4 Å². The van der Waals surface area contributed by atoms with Crippen LogP contribution in [0, 0.1) is 5.92 Å². The fourth-order valence-electron chi connectivity index (χ4n) is 3.58. The lowest BCUT2D eigenvalue weighted by molar-refractivity contribution is 0.206. The molecule has 2 heterocycles. The lowest BCUT2D eigenvalue weighted by Crippen LogP contribution is -2.54. The van der Waals surface area contributed by atoms with Crippen molar-refractivity contribution in [3.63, 3.8) is 0 Å². The molecule has 2 aliphatic rings. The van der Waals surface area contributed by atoms with Gasteiger partial charge in [0.2, 0.25) is 0 Å². The van der Waals surface area contributed by atoms with Crippen LogP contribution in [0.1, 0.15) is 51.9 Å². The van der Waals surface area contributed by atoms with E-state index in [2.05, 4.69) is 17.8 Å². The van der Waals surface area contributed by atoms with Gasteiger partial charge in [0.15, 0.2) is 0 Å². The summed E-state index contributed by atoms with van der Waals surface area (Å²) in [7, 11) is -2.80. The number of rotatable bonds is 7. The molecular weight excluding hydrogens is 328 g/mol. The van der Waals surface area contributed by atoms with Crippen molar-refractivity contribution in [3.8, 4) is 0 Å². The number of hydrazine groups is 1. The zero-order valence-corrected chi connectivity index (χ0v) is 15.7. The Morgan fingerprint density at radius 2 is 2.12 bits per heavy atom. The minimum atomic E-state index is -2.80. The summed E-state index contributed by atoms with van der Waals surface area (Å²) in [6.07, 6.45) is 8.01. The third kappa shape index (κ3) is 5.68. The van der Waals surface area contributed by atoms with Crippen molar-refractivity contribution in [2.45, 2.75) is 64.0 Å². The van der Waals surface area contributed by atoms with Crippen LogP contribution in [-0.4, -0.2) is 61.7 Å². The van der Waals surface area contributed by atoms with Gasteiger partial charge < -0.3 is 10.5 Å². The van der Waals surface area contributed by atoms with Crippen LogP contribution in [0.3, 0.4) is 0 Å². The molecule has 0 bridgehead atoms. The molecule has 0 saturated carbocycles. The first-order valence-electron chi connectivity index (χ1n) is 9.09. The van der Waals surface area contributed by atoms with E-state index in [9.17, 15) is 8.42 Å². The molecule has 140 valence electrons. The van der Waals surface area contributed by atoms with Crippen molar-refractivity contribution in [2.75, 3.05) is 26.0 Å². The molecule has 0 aliphatic carbocycles. The van der Waals surface area contributed by atoms with E-state index >= 15 is 0 Å². The number of aliphatic hydroxyl groups is 1. The number of aliphatic hydroxyl groups excluding tert-OH is 1. The smallest absolute Gasteiger partial charge is 0.342 e. The Labute approximate surface area is 145 Å². The zero-order valence-electron chi connectivity index (χ0n) is 14.9. The van der Waals surface area contributed by atoms with Gasteiger partial charge in [-0.2, -0.15) is 8.51 Å². The van der Waals surface area contributed by atoms with E-state index in [1.165, 1.54) is 6.26 Å². The molecule has 2 saturated heterocycles. The molecule has 7 nitrogen and oxygen atoms in total. The predicted molar refractivity (Wildman–Crippen MR) is 97.4 cm³/mol. The molecule has 0 aromatic carbocycles. The van der Waals surface area contributed by atoms with E-state index in [-0.39, 0.29) is 12.6 Å². The first kappa shape index (κ1) is 19.6. The molecule has 1 unspecified atom stereocenters. The molecule has 24 heavy (non-hydrogen) atoms. The predicted octanol–water partition coefficient (Wildman–Crippen LogP) is 1.02. The Morgan fingerprint density at radius 1 is 1.42 bits per heavy atom. The second-order valence-corrected chi connectivity index (χ2v) is 8.99. The number of hydrogen-bond donors (Lipinski definition) is 3. The second kappa shape index (κ2) is 9.12. The Kier molecular flexibility index (Phi) is 7.46. The van der Waals surface area contributed by atoms with E-state index in [1.54, 1.807) is 4.31 Å². The van der Waals surface area contributed by atoms with E-state index in [1.807, 2.05) is 0 Å². The minimum absolute atomic E-state index is 0.228. The molecular formula is C16H33N4O3S+. The summed E-state index contributed by atoms with van der Waals surface area (Å²) in [5.41, 5.74) is 6.66. The quantitative estimate of drug-likeness (QED) is 0.590. The van der Waals surface area contributed by atoms with E-state index in [0.717, 1.165) is 50.8 Å². The van der Waals surface area contributed by atoms with Gasteiger partial charge in [-0.3, -0.25) is 4.99 Å². The highest BCUT2D eigenvalue weighted by atomic mass is 32.2. The van der Waals surface area contributed by atoms with Crippen molar-refractivity contribution in [1.29, 1.82) is 0 Å². The van der Waals surface area contributed by atoms with Gasteiger partial charge in [-0.15, -0.1) is 0 Å². The van der Waals surface area contributed by atoms with E-state index in [4.69, 9.17) is 10.1 Å². The fraction of sp³-hybridized carbons (Fsp3) is 0.938. The second-order valence-electron chi connectivity index (χ2n) is 6.95. The summed E-state index contributed by atoms with van der Waals surface area (Å²) in [4.78, 5) is 4.77. The lowest BCUT2D eigenvalue weighted by atomic mass is 9.87. The summed E-state index contributed by atoms with van der Waals surface area (Å²) >= 11 is 0. The number of piperidine rings is 1. The average molecular weight is 362 g/mol. The molecule has 2 fully saturated rings. The molecule has 0 amide bonds. The fourth-order valence-corrected chi connectivity index (χ4v) is 4.47. The number of aliphatic imine (C=N–C) groups is 1. The Morgan fingerprint density at radius 3 is 2.62 bits per heavy atom. The summed E-state index contributed by atoms with van der Waals surface area (Å²) in [6, 6.07) is 0.679. The van der Waals surface area contributed by atoms with Crippen LogP contribution in [-0.2, 0) is 10.0 Å². The molecule has 2 rings (SSSR count). The molecule has 0 aromatic rings. The molecule has 0 spiro atoms. The highest BCUT2D eigenvalue weighted by Gasteiger charge is 2.33. The third-order valence-corrected chi connectivity index (χ3v) is 6.47.